The Labute approximate surface area is 167 Å². The Bertz CT molecular complexity index is 946. The van der Waals surface area contributed by atoms with Crippen molar-refractivity contribution in [1.29, 1.82) is 0 Å². The molecule has 0 saturated heterocycles. The molecule has 4 rings (SSSR count). The number of rotatable bonds is 4. The van der Waals surface area contributed by atoms with Crippen molar-refractivity contribution < 1.29 is 19.1 Å². The average Bonchev–Trinajstić information content (AvgIpc) is 3.02. The molecule has 2 atom stereocenters. The second-order valence-corrected chi connectivity index (χ2v) is 8.15. The van der Waals surface area contributed by atoms with Gasteiger partial charge < -0.3 is 15.0 Å². The smallest absolute Gasteiger partial charge is 0.307 e. The highest BCUT2D eigenvalue weighted by Gasteiger charge is 2.32. The molecule has 0 bridgehead atoms. The van der Waals surface area contributed by atoms with Gasteiger partial charge in [-0.2, -0.15) is 0 Å². The van der Waals surface area contributed by atoms with E-state index in [1.54, 1.807) is 4.90 Å². The molecule has 2 heterocycles. The third-order valence-electron chi connectivity index (χ3n) is 4.89. The van der Waals surface area contributed by atoms with Gasteiger partial charge in [-0.25, -0.2) is 0 Å². The van der Waals surface area contributed by atoms with Gasteiger partial charge in [0.25, 0.3) is 5.91 Å². The van der Waals surface area contributed by atoms with Crippen molar-refractivity contribution in [3.8, 4) is 0 Å². The second-order valence-electron chi connectivity index (χ2n) is 6.90. The Hall–Kier alpha value is -2.80. The molecule has 2 aliphatic heterocycles. The first-order valence-corrected chi connectivity index (χ1v) is 10.0. The van der Waals surface area contributed by atoms with E-state index in [0.29, 0.717) is 0 Å². The molecule has 0 spiro atoms. The van der Waals surface area contributed by atoms with E-state index in [1.165, 1.54) is 11.8 Å². The summed E-state index contributed by atoms with van der Waals surface area (Å²) in [5.74, 6) is -1.04. The predicted molar refractivity (Wildman–Crippen MR) is 107 cm³/mol. The molecular weight excluding hydrogens is 376 g/mol. The zero-order valence-electron chi connectivity index (χ0n) is 15.4. The van der Waals surface area contributed by atoms with Crippen molar-refractivity contribution in [2.24, 2.45) is 0 Å². The topological polar surface area (TPSA) is 75.7 Å². The quantitative estimate of drug-likeness (QED) is 0.804. The van der Waals surface area contributed by atoms with Gasteiger partial charge in [0, 0.05) is 16.6 Å². The maximum absolute atomic E-state index is 12.6. The van der Waals surface area contributed by atoms with Gasteiger partial charge in [0.2, 0.25) is 5.91 Å². The van der Waals surface area contributed by atoms with E-state index >= 15 is 0 Å². The van der Waals surface area contributed by atoms with Crippen molar-refractivity contribution in [1.82, 2.24) is 0 Å². The lowest BCUT2D eigenvalue weighted by molar-refractivity contribution is -0.148. The summed E-state index contributed by atoms with van der Waals surface area (Å²) in [6.45, 7) is 1.65. The van der Waals surface area contributed by atoms with Gasteiger partial charge in [-0.1, -0.05) is 30.3 Å². The van der Waals surface area contributed by atoms with Crippen molar-refractivity contribution in [2.75, 3.05) is 16.8 Å². The van der Waals surface area contributed by atoms with Crippen molar-refractivity contribution in [2.45, 2.75) is 36.0 Å². The monoisotopic (exact) mass is 396 g/mol. The lowest BCUT2D eigenvalue weighted by Gasteiger charge is -2.24. The van der Waals surface area contributed by atoms with Gasteiger partial charge in [-0.05, 0) is 37.1 Å². The lowest BCUT2D eigenvalue weighted by Crippen LogP contribution is -2.39. The number of esters is 1. The highest BCUT2D eigenvalue weighted by Crippen LogP contribution is 2.36. The summed E-state index contributed by atoms with van der Waals surface area (Å²) in [5, 5.41) is 2.23. The summed E-state index contributed by atoms with van der Waals surface area (Å²) < 4.78 is 5.20. The van der Waals surface area contributed by atoms with Crippen LogP contribution in [0.15, 0.2) is 53.4 Å². The number of hydrogen-bond donors (Lipinski definition) is 1. The fraction of sp³-hybridized carbons (Fsp3) is 0.286. The fourth-order valence-electron chi connectivity index (χ4n) is 3.59. The number of fused-ring (bicyclic) bond motifs is 2. The van der Waals surface area contributed by atoms with Crippen LogP contribution in [0.25, 0.3) is 0 Å². The number of para-hydroxylation sites is 2. The molecule has 2 aliphatic rings. The predicted octanol–water partition coefficient (Wildman–Crippen LogP) is 3.01. The molecule has 28 heavy (non-hydrogen) atoms. The molecule has 0 radical (unpaired) electrons. The van der Waals surface area contributed by atoms with Crippen LogP contribution in [0.5, 0.6) is 0 Å². The number of amides is 2. The highest BCUT2D eigenvalue weighted by molar-refractivity contribution is 8.01. The van der Waals surface area contributed by atoms with Crippen LogP contribution < -0.4 is 10.2 Å². The first-order valence-electron chi connectivity index (χ1n) is 9.15. The van der Waals surface area contributed by atoms with E-state index in [2.05, 4.69) is 5.32 Å². The summed E-state index contributed by atoms with van der Waals surface area (Å²) in [6.07, 6.45) is 0.707. The van der Waals surface area contributed by atoms with Crippen LogP contribution in [0.4, 0.5) is 11.4 Å². The number of ether oxygens (including phenoxy) is 1. The van der Waals surface area contributed by atoms with E-state index in [1.807, 2.05) is 55.5 Å². The largest absolute Gasteiger partial charge is 0.456 e. The number of carbonyl (C=O) groups excluding carboxylic acids is 3. The standard InChI is InChI=1S/C21H20N2O4S/c1-13-10-14-6-2-4-8-16(14)23(13)19(24)12-27-20(25)11-18-21(26)22-15-7-3-5-9-17(15)28-18/h2-9,13,18H,10-12H2,1H3,(H,22,26)/t13-,18+/m1/s1. The zero-order valence-corrected chi connectivity index (χ0v) is 16.2. The van der Waals surface area contributed by atoms with Crippen LogP contribution in [-0.4, -0.2) is 35.7 Å². The Kier molecular flexibility index (Phi) is 5.09. The summed E-state index contributed by atoms with van der Waals surface area (Å²) in [6, 6.07) is 15.2. The van der Waals surface area contributed by atoms with Crippen LogP contribution in [0.1, 0.15) is 18.9 Å². The Balaban J connectivity index is 1.34. The van der Waals surface area contributed by atoms with Crippen LogP contribution in [0, 0.1) is 0 Å². The van der Waals surface area contributed by atoms with Crippen molar-refractivity contribution in [3.63, 3.8) is 0 Å². The molecule has 7 heteroatoms. The van der Waals surface area contributed by atoms with Crippen LogP contribution in [0.2, 0.25) is 0 Å². The molecule has 6 nitrogen and oxygen atoms in total. The van der Waals surface area contributed by atoms with Crippen LogP contribution in [-0.2, 0) is 25.5 Å². The maximum atomic E-state index is 12.6. The van der Waals surface area contributed by atoms with Gasteiger partial charge in [0.15, 0.2) is 6.61 Å². The molecule has 1 N–H and O–H groups in total. The van der Waals surface area contributed by atoms with E-state index in [-0.39, 0.29) is 30.9 Å². The first kappa shape index (κ1) is 18.6. The highest BCUT2D eigenvalue weighted by atomic mass is 32.2. The van der Waals surface area contributed by atoms with Crippen LogP contribution in [0.3, 0.4) is 0 Å². The summed E-state index contributed by atoms with van der Waals surface area (Å²) >= 11 is 1.34. The zero-order chi connectivity index (χ0) is 19.7. The Morgan fingerprint density at radius 2 is 1.93 bits per heavy atom. The minimum absolute atomic E-state index is 0.0276. The van der Waals surface area contributed by atoms with Gasteiger partial charge in [-0.3, -0.25) is 14.4 Å². The Morgan fingerprint density at radius 3 is 2.79 bits per heavy atom. The number of carbonyl (C=O) groups is 3. The van der Waals surface area contributed by atoms with Gasteiger partial charge >= 0.3 is 5.97 Å². The normalized spacial score (nSPS) is 20.2. The number of benzene rings is 2. The van der Waals surface area contributed by atoms with E-state index in [0.717, 1.165) is 28.3 Å². The third kappa shape index (κ3) is 3.62. The molecule has 0 saturated carbocycles. The van der Waals surface area contributed by atoms with Gasteiger partial charge in [-0.15, -0.1) is 11.8 Å². The molecule has 2 aromatic rings. The van der Waals surface area contributed by atoms with Crippen molar-refractivity contribution >= 4 is 40.9 Å². The number of thioether (sulfide) groups is 1. The Morgan fingerprint density at radius 1 is 1.18 bits per heavy atom. The third-order valence-corrected chi connectivity index (χ3v) is 6.17. The minimum atomic E-state index is -0.566. The molecule has 144 valence electrons. The molecule has 0 aromatic heterocycles. The molecule has 2 amide bonds. The number of anilines is 2. The minimum Gasteiger partial charge on any atom is -0.456 e. The fourth-order valence-corrected chi connectivity index (χ4v) is 4.69. The van der Waals surface area contributed by atoms with Gasteiger partial charge in [0.05, 0.1) is 17.4 Å². The van der Waals surface area contributed by atoms with Crippen LogP contribution >= 0.6 is 11.8 Å². The average molecular weight is 396 g/mol. The van der Waals surface area contributed by atoms with Gasteiger partial charge in [0.1, 0.15) is 0 Å². The SMILES string of the molecule is C[C@@H]1Cc2ccccc2N1C(=O)COC(=O)C[C@@H]1Sc2ccccc2NC1=O. The second kappa shape index (κ2) is 7.67. The first-order chi connectivity index (χ1) is 13.5. The summed E-state index contributed by atoms with van der Waals surface area (Å²) in [5.41, 5.74) is 2.73. The summed E-state index contributed by atoms with van der Waals surface area (Å²) in [4.78, 5) is 39.6. The summed E-state index contributed by atoms with van der Waals surface area (Å²) in [7, 11) is 0. The number of nitrogens with zero attached hydrogens (tertiary/aromatic N) is 1. The molecular formula is C21H20N2O4S. The molecule has 2 aromatic carbocycles. The number of hydrogen-bond acceptors (Lipinski definition) is 5. The number of nitrogens with one attached hydrogen (secondary N) is 1. The van der Waals surface area contributed by atoms with Crippen molar-refractivity contribution in [3.05, 3.63) is 54.1 Å². The molecule has 0 fully saturated rings. The van der Waals surface area contributed by atoms with E-state index in [9.17, 15) is 14.4 Å². The van der Waals surface area contributed by atoms with E-state index in [4.69, 9.17) is 4.74 Å². The maximum Gasteiger partial charge on any atom is 0.307 e. The molecule has 0 aliphatic carbocycles. The molecule has 0 unspecified atom stereocenters. The lowest BCUT2D eigenvalue weighted by atomic mass is 10.1. The van der Waals surface area contributed by atoms with E-state index < -0.39 is 11.2 Å².